The number of rotatable bonds is 5. The van der Waals surface area contributed by atoms with Gasteiger partial charge in [-0.1, -0.05) is 44.2 Å². The minimum Gasteiger partial charge on any atom is -0.448 e. The first-order valence-corrected chi connectivity index (χ1v) is 11.0. The highest BCUT2D eigenvalue weighted by Crippen LogP contribution is 2.29. The second-order valence-corrected chi connectivity index (χ2v) is 8.40. The van der Waals surface area contributed by atoms with Crippen LogP contribution in [0.3, 0.4) is 0 Å². The first-order valence-electron chi connectivity index (χ1n) is 9.16. The summed E-state index contributed by atoms with van der Waals surface area (Å²) in [4.78, 5) is 2.31. The summed E-state index contributed by atoms with van der Waals surface area (Å²) in [5, 5.41) is 10.5. The van der Waals surface area contributed by atoms with Crippen LogP contribution >= 0.6 is 0 Å². The van der Waals surface area contributed by atoms with E-state index in [0.29, 0.717) is 12.2 Å². The highest BCUT2D eigenvalue weighted by atomic mass is 32.2. The van der Waals surface area contributed by atoms with Gasteiger partial charge in [0.15, 0.2) is 0 Å². The number of aliphatic hydroxyl groups excluding tert-OH is 1. The Kier molecular flexibility index (Phi) is 7.43. The molecule has 0 bridgehead atoms. The van der Waals surface area contributed by atoms with Gasteiger partial charge >= 0.3 is 0 Å². The molecular formula is C20H29NO4S. The van der Waals surface area contributed by atoms with Crippen molar-refractivity contribution in [2.45, 2.75) is 39.3 Å². The molecule has 2 unspecified atom stereocenters. The molecule has 1 N–H and O–H groups in total. The van der Waals surface area contributed by atoms with Gasteiger partial charge < -0.3 is 9.84 Å². The van der Waals surface area contributed by atoms with Gasteiger partial charge in [-0.25, -0.2) is 8.42 Å². The molecule has 1 aromatic rings. The van der Waals surface area contributed by atoms with Crippen molar-refractivity contribution in [2.24, 2.45) is 5.92 Å². The third-order valence-corrected chi connectivity index (χ3v) is 5.46. The minimum atomic E-state index is -3.39. The van der Waals surface area contributed by atoms with E-state index in [2.05, 4.69) is 17.0 Å². The van der Waals surface area contributed by atoms with Crippen molar-refractivity contribution in [1.29, 1.82) is 0 Å². The third kappa shape index (κ3) is 5.43. The van der Waals surface area contributed by atoms with Gasteiger partial charge in [0.05, 0.1) is 0 Å². The molecule has 0 spiro atoms. The van der Waals surface area contributed by atoms with Crippen molar-refractivity contribution in [3.05, 3.63) is 58.9 Å². The van der Waals surface area contributed by atoms with Gasteiger partial charge in [-0.2, -0.15) is 0 Å². The van der Waals surface area contributed by atoms with E-state index in [1.807, 2.05) is 32.0 Å². The van der Waals surface area contributed by atoms with Crippen LogP contribution in [0.1, 0.15) is 32.3 Å². The standard InChI is InChI=1S/C18H23NO4S.C2H6/c1-24(21,22)17-9-5-8-16(23-17)18(20)15-10-11-19(13-15)12-14-6-3-2-4-7-14;1-2/h2-4,6-9,15,18,20H,5,10-13H2,1H3;1-2H3. The van der Waals surface area contributed by atoms with Crippen LogP contribution in [0.5, 0.6) is 0 Å². The van der Waals surface area contributed by atoms with E-state index in [1.165, 1.54) is 11.6 Å². The Morgan fingerprint density at radius 2 is 1.92 bits per heavy atom. The Labute approximate surface area is 156 Å². The summed E-state index contributed by atoms with van der Waals surface area (Å²) in [6.07, 6.45) is 4.98. The van der Waals surface area contributed by atoms with Gasteiger partial charge in [-0.05, 0) is 37.1 Å². The first kappa shape index (κ1) is 20.7. The molecule has 5 nitrogen and oxygen atoms in total. The van der Waals surface area contributed by atoms with Crippen molar-refractivity contribution in [1.82, 2.24) is 4.90 Å². The fourth-order valence-corrected chi connectivity index (χ4v) is 3.86. The summed E-state index contributed by atoms with van der Waals surface area (Å²) in [5.41, 5.74) is 1.25. The van der Waals surface area contributed by atoms with E-state index >= 15 is 0 Å². The maximum Gasteiger partial charge on any atom is 0.214 e. The molecule has 1 saturated heterocycles. The van der Waals surface area contributed by atoms with Crippen LogP contribution in [-0.2, 0) is 21.1 Å². The maximum atomic E-state index is 11.6. The maximum absolute atomic E-state index is 11.6. The molecule has 2 aliphatic rings. The van der Waals surface area contributed by atoms with Crippen molar-refractivity contribution in [3.63, 3.8) is 0 Å². The Morgan fingerprint density at radius 3 is 2.58 bits per heavy atom. The number of aliphatic hydroxyl groups is 1. The van der Waals surface area contributed by atoms with Gasteiger partial charge in [-0.15, -0.1) is 0 Å². The monoisotopic (exact) mass is 379 g/mol. The Hall–Kier alpha value is -1.63. The molecule has 0 radical (unpaired) electrons. The molecule has 0 saturated carbocycles. The van der Waals surface area contributed by atoms with Gasteiger partial charge in [-0.3, -0.25) is 4.90 Å². The van der Waals surface area contributed by atoms with Crippen LogP contribution in [0, 0.1) is 5.92 Å². The smallest absolute Gasteiger partial charge is 0.214 e. The number of likely N-dealkylation sites (tertiary alicyclic amines) is 1. The molecule has 2 heterocycles. The summed E-state index contributed by atoms with van der Waals surface area (Å²) in [7, 11) is -3.39. The van der Waals surface area contributed by atoms with E-state index in [4.69, 9.17) is 4.74 Å². The Balaban J connectivity index is 0.00000117. The molecule has 2 aliphatic heterocycles. The Bertz CT molecular complexity index is 740. The zero-order chi connectivity index (χ0) is 19.2. The summed E-state index contributed by atoms with van der Waals surface area (Å²) < 4.78 is 28.7. The lowest BCUT2D eigenvalue weighted by molar-refractivity contribution is 0.0877. The zero-order valence-electron chi connectivity index (χ0n) is 15.8. The SMILES string of the molecule is CC.CS(=O)(=O)C1=CCC=C(C(O)C2CCN(Cc3ccccc3)C2)O1. The molecule has 144 valence electrons. The van der Waals surface area contributed by atoms with Crippen molar-refractivity contribution in [2.75, 3.05) is 19.3 Å². The lowest BCUT2D eigenvalue weighted by atomic mass is 9.99. The Morgan fingerprint density at radius 1 is 1.23 bits per heavy atom. The van der Waals surface area contributed by atoms with Crippen LogP contribution < -0.4 is 0 Å². The van der Waals surface area contributed by atoms with Gasteiger partial charge in [0, 0.05) is 25.3 Å². The number of ether oxygens (including phenoxy) is 1. The second kappa shape index (κ2) is 9.35. The van der Waals surface area contributed by atoms with E-state index in [1.54, 1.807) is 6.08 Å². The first-order chi connectivity index (χ1) is 12.4. The summed E-state index contributed by atoms with van der Waals surface area (Å²) in [6.45, 7) is 6.55. The number of benzene rings is 1. The van der Waals surface area contributed by atoms with Crippen LogP contribution in [0.4, 0.5) is 0 Å². The molecule has 0 aromatic heterocycles. The molecule has 26 heavy (non-hydrogen) atoms. The predicted molar refractivity (Wildman–Crippen MR) is 104 cm³/mol. The number of hydrogen-bond acceptors (Lipinski definition) is 5. The molecule has 1 aromatic carbocycles. The lowest BCUT2D eigenvalue weighted by Gasteiger charge is -2.24. The van der Waals surface area contributed by atoms with Gasteiger partial charge in [0.25, 0.3) is 0 Å². The third-order valence-electron chi connectivity index (χ3n) is 4.48. The summed E-state index contributed by atoms with van der Waals surface area (Å²) in [5.74, 6) is 0.420. The van der Waals surface area contributed by atoms with Crippen LogP contribution in [-0.4, -0.2) is 43.9 Å². The molecule has 2 atom stereocenters. The topological polar surface area (TPSA) is 66.8 Å². The van der Waals surface area contributed by atoms with Crippen molar-refractivity contribution < 1.29 is 18.3 Å². The fourth-order valence-electron chi connectivity index (χ4n) is 3.22. The van der Waals surface area contributed by atoms with Crippen LogP contribution in [0.2, 0.25) is 0 Å². The number of allylic oxidation sites excluding steroid dienone is 2. The number of nitrogens with zero attached hydrogens (tertiary/aromatic N) is 1. The van der Waals surface area contributed by atoms with E-state index in [0.717, 1.165) is 32.3 Å². The average Bonchev–Trinajstić information content (AvgIpc) is 3.11. The average molecular weight is 380 g/mol. The zero-order valence-corrected chi connectivity index (χ0v) is 16.6. The van der Waals surface area contributed by atoms with Crippen molar-refractivity contribution >= 4 is 9.84 Å². The quantitative estimate of drug-likeness (QED) is 0.852. The van der Waals surface area contributed by atoms with E-state index in [9.17, 15) is 13.5 Å². The van der Waals surface area contributed by atoms with Gasteiger partial charge in [0.2, 0.25) is 14.9 Å². The minimum absolute atomic E-state index is 0.0545. The van der Waals surface area contributed by atoms with Crippen molar-refractivity contribution in [3.8, 4) is 0 Å². The van der Waals surface area contributed by atoms with Crippen LogP contribution in [0.25, 0.3) is 0 Å². The highest BCUT2D eigenvalue weighted by Gasteiger charge is 2.33. The molecule has 0 aliphatic carbocycles. The lowest BCUT2D eigenvalue weighted by Crippen LogP contribution is -2.29. The molecule has 6 heteroatoms. The summed E-state index contributed by atoms with van der Waals surface area (Å²) in [6, 6.07) is 10.2. The highest BCUT2D eigenvalue weighted by molar-refractivity contribution is 7.94. The molecular weight excluding hydrogens is 350 g/mol. The molecule has 3 rings (SSSR count). The largest absolute Gasteiger partial charge is 0.448 e. The second-order valence-electron chi connectivity index (χ2n) is 6.45. The predicted octanol–water partition coefficient (Wildman–Crippen LogP) is 3.09. The summed E-state index contributed by atoms with van der Waals surface area (Å²) >= 11 is 0. The molecule has 1 fully saturated rings. The normalized spacial score (nSPS) is 21.8. The fraction of sp³-hybridized carbons (Fsp3) is 0.500. The van der Waals surface area contributed by atoms with E-state index < -0.39 is 15.9 Å². The number of hydrogen-bond donors (Lipinski definition) is 1. The van der Waals surface area contributed by atoms with Crippen LogP contribution in [0.15, 0.2) is 53.3 Å². The van der Waals surface area contributed by atoms with E-state index in [-0.39, 0.29) is 11.0 Å². The molecule has 0 amide bonds. The van der Waals surface area contributed by atoms with Gasteiger partial charge in [0.1, 0.15) is 11.9 Å². The number of sulfone groups is 1.